The number of pyridine rings is 1. The zero-order valence-electron chi connectivity index (χ0n) is 12.2. The number of fused-ring (bicyclic) bond motifs is 1. The third kappa shape index (κ3) is 2.95. The Balaban J connectivity index is 2.01. The topological polar surface area (TPSA) is 24.9 Å². The molecule has 0 saturated heterocycles. The summed E-state index contributed by atoms with van der Waals surface area (Å²) < 4.78 is 0.927. The Morgan fingerprint density at radius 2 is 2.10 bits per heavy atom. The minimum Gasteiger partial charge on any atom is -0.375 e. The van der Waals surface area contributed by atoms with E-state index in [1.54, 1.807) is 6.20 Å². The molecule has 0 bridgehead atoms. The fourth-order valence-corrected chi connectivity index (χ4v) is 3.51. The predicted octanol–water partition coefficient (Wildman–Crippen LogP) is 5.62. The third-order valence-electron chi connectivity index (χ3n) is 4.29. The molecule has 110 valence electrons. The first-order valence-electron chi connectivity index (χ1n) is 7.13. The Bertz CT molecular complexity index is 670. The minimum absolute atomic E-state index is 0.167. The van der Waals surface area contributed by atoms with Gasteiger partial charge < -0.3 is 5.32 Å². The van der Waals surface area contributed by atoms with Gasteiger partial charge in [-0.1, -0.05) is 49.7 Å². The first-order chi connectivity index (χ1) is 9.97. The molecule has 2 nitrogen and oxygen atoms in total. The number of aryl methyl sites for hydroxylation is 1. The lowest BCUT2D eigenvalue weighted by Crippen LogP contribution is -2.33. The summed E-state index contributed by atoms with van der Waals surface area (Å²) in [6, 6.07) is 10.9. The van der Waals surface area contributed by atoms with Gasteiger partial charge in [0.1, 0.15) is 0 Å². The fourth-order valence-electron chi connectivity index (χ4n) is 3.02. The molecule has 1 heterocycles. The van der Waals surface area contributed by atoms with E-state index in [4.69, 9.17) is 11.6 Å². The van der Waals surface area contributed by atoms with Gasteiger partial charge in [-0.2, -0.15) is 0 Å². The first-order valence-corrected chi connectivity index (χ1v) is 8.30. The van der Waals surface area contributed by atoms with Gasteiger partial charge in [0.15, 0.2) is 5.15 Å². The van der Waals surface area contributed by atoms with E-state index in [1.165, 1.54) is 11.1 Å². The van der Waals surface area contributed by atoms with Gasteiger partial charge in [0.05, 0.1) is 11.7 Å². The van der Waals surface area contributed by atoms with Crippen LogP contribution in [0.3, 0.4) is 0 Å². The first kappa shape index (κ1) is 14.9. The van der Waals surface area contributed by atoms with Crippen molar-refractivity contribution >= 4 is 33.2 Å². The fraction of sp³-hybridized carbons (Fsp3) is 0.353. The number of benzene rings is 1. The van der Waals surface area contributed by atoms with E-state index in [9.17, 15) is 0 Å². The molecule has 0 radical (unpaired) electrons. The molecule has 1 aromatic carbocycles. The molecule has 1 N–H and O–H groups in total. The Kier molecular flexibility index (Phi) is 3.98. The maximum Gasteiger partial charge on any atom is 0.152 e. The molecular formula is C17H18BrClN2. The lowest BCUT2D eigenvalue weighted by Gasteiger charge is -2.41. The number of halogens is 2. The van der Waals surface area contributed by atoms with Gasteiger partial charge in [0.2, 0.25) is 0 Å². The maximum atomic E-state index is 6.24. The van der Waals surface area contributed by atoms with Crippen LogP contribution in [-0.2, 0) is 6.42 Å². The summed E-state index contributed by atoms with van der Waals surface area (Å²) in [6.07, 6.45) is 4.00. The number of hydrogen-bond acceptors (Lipinski definition) is 2. The van der Waals surface area contributed by atoms with Crippen molar-refractivity contribution in [3.63, 3.8) is 0 Å². The van der Waals surface area contributed by atoms with E-state index >= 15 is 0 Å². The number of nitrogens with zero attached hydrogens (tertiary/aromatic N) is 1. The van der Waals surface area contributed by atoms with Gasteiger partial charge in [0.25, 0.3) is 0 Å². The highest BCUT2D eigenvalue weighted by Crippen LogP contribution is 2.45. The third-order valence-corrected chi connectivity index (χ3v) is 5.03. The van der Waals surface area contributed by atoms with Crippen LogP contribution >= 0.6 is 27.5 Å². The van der Waals surface area contributed by atoms with E-state index in [0.29, 0.717) is 5.15 Å². The summed E-state index contributed by atoms with van der Waals surface area (Å²) in [6.45, 7) is 4.61. The van der Waals surface area contributed by atoms with Crippen LogP contribution in [0.15, 0.2) is 41.0 Å². The van der Waals surface area contributed by atoms with E-state index in [1.807, 2.05) is 6.07 Å². The van der Waals surface area contributed by atoms with Gasteiger partial charge in [-0.15, -0.1) is 0 Å². The lowest BCUT2D eigenvalue weighted by molar-refractivity contribution is 0.265. The number of anilines is 1. The zero-order chi connectivity index (χ0) is 15.0. The van der Waals surface area contributed by atoms with Crippen molar-refractivity contribution < 1.29 is 0 Å². The highest BCUT2D eigenvalue weighted by Gasteiger charge is 2.36. The molecule has 1 aliphatic carbocycles. The average molecular weight is 366 g/mol. The maximum absolute atomic E-state index is 6.24. The molecule has 1 aliphatic rings. The molecule has 0 amide bonds. The number of rotatable bonds is 2. The Hall–Kier alpha value is -1.06. The summed E-state index contributed by atoms with van der Waals surface area (Å²) in [7, 11) is 0. The standard InChI is InChI=1S/C17H18BrClN2/c1-17(2)8-7-11-5-3-4-6-13(11)15(17)21-14-9-12(18)10-20-16(14)19/h3-6,9-10,15,21H,7-8H2,1-2H3. The van der Waals surface area contributed by atoms with Gasteiger partial charge >= 0.3 is 0 Å². The minimum atomic E-state index is 0.167. The molecule has 1 atom stereocenters. The van der Waals surface area contributed by atoms with Crippen LogP contribution in [0.4, 0.5) is 5.69 Å². The molecule has 0 saturated carbocycles. The van der Waals surface area contributed by atoms with E-state index in [2.05, 4.69) is 64.3 Å². The van der Waals surface area contributed by atoms with Gasteiger partial charge in [-0.3, -0.25) is 0 Å². The van der Waals surface area contributed by atoms with Gasteiger partial charge in [0, 0.05) is 10.7 Å². The monoisotopic (exact) mass is 364 g/mol. The molecule has 3 rings (SSSR count). The highest BCUT2D eigenvalue weighted by atomic mass is 79.9. The van der Waals surface area contributed by atoms with Crippen molar-refractivity contribution in [2.24, 2.45) is 5.41 Å². The van der Waals surface area contributed by atoms with Crippen molar-refractivity contribution in [1.82, 2.24) is 4.98 Å². The van der Waals surface area contributed by atoms with Crippen molar-refractivity contribution in [1.29, 1.82) is 0 Å². The van der Waals surface area contributed by atoms with Crippen LogP contribution in [0.2, 0.25) is 5.15 Å². The highest BCUT2D eigenvalue weighted by molar-refractivity contribution is 9.10. The smallest absolute Gasteiger partial charge is 0.152 e. The normalized spacial score (nSPS) is 19.9. The largest absolute Gasteiger partial charge is 0.375 e. The number of hydrogen-bond donors (Lipinski definition) is 1. The van der Waals surface area contributed by atoms with Crippen LogP contribution in [0.25, 0.3) is 0 Å². The van der Waals surface area contributed by atoms with Crippen LogP contribution < -0.4 is 5.32 Å². The van der Waals surface area contributed by atoms with Crippen LogP contribution in [0.1, 0.15) is 37.4 Å². The predicted molar refractivity (Wildman–Crippen MR) is 91.9 cm³/mol. The summed E-state index contributed by atoms with van der Waals surface area (Å²) in [5, 5.41) is 4.12. The second-order valence-corrected chi connectivity index (χ2v) is 7.53. The zero-order valence-corrected chi connectivity index (χ0v) is 14.5. The van der Waals surface area contributed by atoms with Crippen molar-refractivity contribution in [2.45, 2.75) is 32.7 Å². The number of aromatic nitrogens is 1. The van der Waals surface area contributed by atoms with Gasteiger partial charge in [-0.05, 0) is 51.4 Å². The van der Waals surface area contributed by atoms with Crippen LogP contribution in [0, 0.1) is 5.41 Å². The molecule has 2 aromatic rings. The molecule has 1 unspecified atom stereocenters. The summed E-state index contributed by atoms with van der Waals surface area (Å²) in [5.74, 6) is 0. The Labute approximate surface area is 139 Å². The van der Waals surface area contributed by atoms with E-state index in [-0.39, 0.29) is 11.5 Å². The van der Waals surface area contributed by atoms with Crippen LogP contribution in [-0.4, -0.2) is 4.98 Å². The molecule has 21 heavy (non-hydrogen) atoms. The van der Waals surface area contributed by atoms with E-state index in [0.717, 1.165) is 23.0 Å². The quantitative estimate of drug-likeness (QED) is 0.698. The number of nitrogens with one attached hydrogen (secondary N) is 1. The summed E-state index contributed by atoms with van der Waals surface area (Å²) >= 11 is 9.70. The van der Waals surface area contributed by atoms with Crippen molar-refractivity contribution in [3.8, 4) is 0 Å². The van der Waals surface area contributed by atoms with Crippen molar-refractivity contribution in [3.05, 3.63) is 57.3 Å². The molecule has 0 aliphatic heterocycles. The molecular weight excluding hydrogens is 348 g/mol. The SMILES string of the molecule is CC1(C)CCc2ccccc2C1Nc1cc(Br)cnc1Cl. The van der Waals surface area contributed by atoms with Crippen LogP contribution in [0.5, 0.6) is 0 Å². The lowest BCUT2D eigenvalue weighted by atomic mass is 9.70. The molecule has 4 heteroatoms. The Morgan fingerprint density at radius 3 is 2.90 bits per heavy atom. The molecule has 0 spiro atoms. The van der Waals surface area contributed by atoms with E-state index < -0.39 is 0 Å². The van der Waals surface area contributed by atoms with Crippen molar-refractivity contribution in [2.75, 3.05) is 5.32 Å². The molecule has 0 fully saturated rings. The van der Waals surface area contributed by atoms with Gasteiger partial charge in [-0.25, -0.2) is 4.98 Å². The average Bonchev–Trinajstić information content (AvgIpc) is 2.46. The summed E-state index contributed by atoms with van der Waals surface area (Å²) in [5.41, 5.74) is 3.83. The summed E-state index contributed by atoms with van der Waals surface area (Å²) in [4.78, 5) is 4.20. The second kappa shape index (κ2) is 5.62. The second-order valence-electron chi connectivity index (χ2n) is 6.26. The Morgan fingerprint density at radius 1 is 1.33 bits per heavy atom. The molecule has 1 aromatic heterocycles.